The largest absolute Gasteiger partial charge is 0.303 e. The molecule has 0 saturated heterocycles. The van der Waals surface area contributed by atoms with E-state index in [1.807, 2.05) is 34.6 Å². The van der Waals surface area contributed by atoms with Crippen molar-refractivity contribution in [2.75, 3.05) is 0 Å². The molecule has 0 amide bonds. The first-order valence-electron chi connectivity index (χ1n) is 4.67. The fourth-order valence-corrected chi connectivity index (χ4v) is 2.95. The number of carbonyl (C=O) groups excluding carboxylic acids is 2. The maximum Gasteiger partial charge on any atom is 0.127 e. The lowest BCUT2D eigenvalue weighted by atomic mass is 9.73. The van der Waals surface area contributed by atoms with Crippen LogP contribution in [0.15, 0.2) is 0 Å². The average molecular weight is 182 g/mol. The SMILES string of the molecule is CC(C)(C)[C@@]1(C=O)[C@@H](C=O)C1(C)C. The van der Waals surface area contributed by atoms with Crippen LogP contribution in [0.1, 0.15) is 34.6 Å². The molecule has 2 nitrogen and oxygen atoms in total. The zero-order valence-corrected chi connectivity index (χ0v) is 9.05. The molecule has 0 N–H and O–H groups in total. The van der Waals surface area contributed by atoms with Crippen molar-refractivity contribution in [2.24, 2.45) is 22.2 Å². The van der Waals surface area contributed by atoms with Crippen molar-refractivity contribution in [1.29, 1.82) is 0 Å². The molecule has 0 bridgehead atoms. The van der Waals surface area contributed by atoms with E-state index in [0.29, 0.717) is 0 Å². The summed E-state index contributed by atoms with van der Waals surface area (Å²) in [5, 5.41) is 0. The maximum absolute atomic E-state index is 11.2. The summed E-state index contributed by atoms with van der Waals surface area (Å²) in [5.41, 5.74) is -0.764. The molecule has 0 spiro atoms. The van der Waals surface area contributed by atoms with E-state index < -0.39 is 5.41 Å². The van der Waals surface area contributed by atoms with Gasteiger partial charge in [0.05, 0.1) is 0 Å². The van der Waals surface area contributed by atoms with Crippen LogP contribution in [-0.4, -0.2) is 12.6 Å². The van der Waals surface area contributed by atoms with E-state index in [1.54, 1.807) is 0 Å². The Hall–Kier alpha value is -0.660. The predicted octanol–water partition coefficient (Wildman–Crippen LogP) is 2.07. The summed E-state index contributed by atoms with van der Waals surface area (Å²) in [6.45, 7) is 10.0. The molecule has 0 unspecified atom stereocenters. The molecule has 0 radical (unpaired) electrons. The van der Waals surface area contributed by atoms with E-state index in [2.05, 4.69) is 0 Å². The molecule has 2 heteroatoms. The molecule has 0 aromatic heterocycles. The van der Waals surface area contributed by atoms with Gasteiger partial charge in [0.25, 0.3) is 0 Å². The van der Waals surface area contributed by atoms with Gasteiger partial charge >= 0.3 is 0 Å². The van der Waals surface area contributed by atoms with Crippen LogP contribution in [0.25, 0.3) is 0 Å². The van der Waals surface area contributed by atoms with Crippen molar-refractivity contribution in [3.63, 3.8) is 0 Å². The van der Waals surface area contributed by atoms with Crippen LogP contribution in [0.4, 0.5) is 0 Å². The third-order valence-corrected chi connectivity index (χ3v) is 3.81. The van der Waals surface area contributed by atoms with E-state index in [9.17, 15) is 9.59 Å². The maximum atomic E-state index is 11.2. The van der Waals surface area contributed by atoms with E-state index in [4.69, 9.17) is 0 Å². The summed E-state index contributed by atoms with van der Waals surface area (Å²) in [6, 6.07) is 0. The van der Waals surface area contributed by atoms with Gasteiger partial charge in [-0.3, -0.25) is 0 Å². The third kappa shape index (κ3) is 0.946. The Morgan fingerprint density at radius 2 is 1.62 bits per heavy atom. The summed E-state index contributed by atoms with van der Waals surface area (Å²) in [7, 11) is 0. The van der Waals surface area contributed by atoms with Gasteiger partial charge in [-0.15, -0.1) is 0 Å². The average Bonchev–Trinajstić information content (AvgIpc) is 2.45. The highest BCUT2D eigenvalue weighted by molar-refractivity contribution is 5.80. The fraction of sp³-hybridized carbons (Fsp3) is 0.818. The fourth-order valence-electron chi connectivity index (χ4n) is 2.95. The number of aldehydes is 2. The minimum atomic E-state index is -0.457. The Balaban J connectivity index is 3.14. The summed E-state index contributed by atoms with van der Waals surface area (Å²) in [6.07, 6.45) is 1.91. The van der Waals surface area contributed by atoms with Gasteiger partial charge in [0.15, 0.2) is 0 Å². The minimum Gasteiger partial charge on any atom is -0.303 e. The number of carbonyl (C=O) groups is 2. The molecule has 74 valence electrons. The second kappa shape index (κ2) is 2.43. The molecule has 1 saturated carbocycles. The van der Waals surface area contributed by atoms with E-state index in [1.165, 1.54) is 0 Å². The smallest absolute Gasteiger partial charge is 0.127 e. The van der Waals surface area contributed by atoms with Crippen LogP contribution >= 0.6 is 0 Å². The lowest BCUT2D eigenvalue weighted by molar-refractivity contribution is -0.120. The minimum absolute atomic E-state index is 0.113. The highest BCUT2D eigenvalue weighted by Crippen LogP contribution is 2.73. The van der Waals surface area contributed by atoms with Gasteiger partial charge in [0.2, 0.25) is 0 Å². The highest BCUT2D eigenvalue weighted by atomic mass is 16.1. The van der Waals surface area contributed by atoms with Crippen molar-refractivity contribution in [2.45, 2.75) is 34.6 Å². The zero-order chi connectivity index (χ0) is 10.5. The van der Waals surface area contributed by atoms with Crippen LogP contribution in [0.2, 0.25) is 0 Å². The molecule has 1 aliphatic carbocycles. The lowest BCUT2D eigenvalue weighted by Gasteiger charge is -2.29. The molecule has 1 fully saturated rings. The molecular weight excluding hydrogens is 164 g/mol. The van der Waals surface area contributed by atoms with Gasteiger partial charge in [-0.25, -0.2) is 0 Å². The van der Waals surface area contributed by atoms with Gasteiger partial charge in [-0.05, 0) is 10.8 Å². The van der Waals surface area contributed by atoms with Gasteiger partial charge in [-0.2, -0.15) is 0 Å². The Morgan fingerprint density at radius 1 is 1.15 bits per heavy atom. The van der Waals surface area contributed by atoms with Crippen molar-refractivity contribution in [3.8, 4) is 0 Å². The Kier molecular flexibility index (Phi) is 1.95. The van der Waals surface area contributed by atoms with Crippen molar-refractivity contribution >= 4 is 12.6 Å². The predicted molar refractivity (Wildman–Crippen MR) is 51.3 cm³/mol. The number of hydrogen-bond donors (Lipinski definition) is 0. The summed E-state index contributed by atoms with van der Waals surface area (Å²) in [4.78, 5) is 22.0. The van der Waals surface area contributed by atoms with Crippen LogP contribution in [-0.2, 0) is 9.59 Å². The standard InChI is InChI=1S/C11H18O2/c1-9(2,3)11(7-13)8(6-12)10(11,4)5/h6-8H,1-5H3/t8-,11+/m0/s1. The first-order valence-corrected chi connectivity index (χ1v) is 4.67. The summed E-state index contributed by atoms with van der Waals surface area (Å²) in [5.74, 6) is -0.113. The first kappa shape index (κ1) is 10.4. The Morgan fingerprint density at radius 3 is 1.69 bits per heavy atom. The molecule has 0 aliphatic heterocycles. The highest BCUT2D eigenvalue weighted by Gasteiger charge is 2.75. The van der Waals surface area contributed by atoms with E-state index in [-0.39, 0.29) is 16.7 Å². The monoisotopic (exact) mass is 182 g/mol. The molecule has 13 heavy (non-hydrogen) atoms. The quantitative estimate of drug-likeness (QED) is 0.613. The van der Waals surface area contributed by atoms with Gasteiger partial charge in [-0.1, -0.05) is 34.6 Å². The molecule has 2 atom stereocenters. The van der Waals surface area contributed by atoms with Gasteiger partial charge < -0.3 is 9.59 Å². The number of rotatable bonds is 2. The van der Waals surface area contributed by atoms with Crippen molar-refractivity contribution < 1.29 is 9.59 Å². The molecule has 0 aromatic carbocycles. The third-order valence-electron chi connectivity index (χ3n) is 3.81. The molecule has 0 heterocycles. The Bertz CT molecular complexity index is 247. The summed E-state index contributed by atoms with van der Waals surface area (Å²) < 4.78 is 0. The van der Waals surface area contributed by atoms with Crippen molar-refractivity contribution in [1.82, 2.24) is 0 Å². The molecule has 0 aromatic rings. The zero-order valence-electron chi connectivity index (χ0n) is 9.05. The van der Waals surface area contributed by atoms with Crippen molar-refractivity contribution in [3.05, 3.63) is 0 Å². The van der Waals surface area contributed by atoms with Crippen LogP contribution in [0.3, 0.4) is 0 Å². The van der Waals surface area contributed by atoms with Gasteiger partial charge in [0.1, 0.15) is 12.6 Å². The number of hydrogen-bond acceptors (Lipinski definition) is 2. The lowest BCUT2D eigenvalue weighted by Crippen LogP contribution is -2.29. The molecule has 1 rings (SSSR count). The second-order valence-electron chi connectivity index (χ2n) is 5.57. The molecular formula is C11H18O2. The topological polar surface area (TPSA) is 34.1 Å². The van der Waals surface area contributed by atoms with E-state index in [0.717, 1.165) is 12.6 Å². The Labute approximate surface area is 79.7 Å². The van der Waals surface area contributed by atoms with E-state index >= 15 is 0 Å². The molecule has 1 aliphatic rings. The van der Waals surface area contributed by atoms with Gasteiger partial charge in [0, 0.05) is 11.3 Å². The second-order valence-corrected chi connectivity index (χ2v) is 5.57. The van der Waals surface area contributed by atoms with Crippen LogP contribution < -0.4 is 0 Å². The first-order chi connectivity index (χ1) is 5.75. The normalized spacial score (nSPS) is 36.8. The summed E-state index contributed by atoms with van der Waals surface area (Å²) >= 11 is 0. The van der Waals surface area contributed by atoms with Crippen LogP contribution in [0.5, 0.6) is 0 Å². The van der Waals surface area contributed by atoms with Crippen LogP contribution in [0, 0.1) is 22.2 Å².